The predicted octanol–water partition coefficient (Wildman–Crippen LogP) is 1.66. The predicted molar refractivity (Wildman–Crippen MR) is 108 cm³/mol. The zero-order chi connectivity index (χ0) is 21.1. The van der Waals surface area contributed by atoms with E-state index in [9.17, 15) is 18.5 Å². The summed E-state index contributed by atoms with van der Waals surface area (Å²) in [6, 6.07) is 7.59. The summed E-state index contributed by atoms with van der Waals surface area (Å²) in [5.74, 6) is -0.232. The first-order chi connectivity index (χ1) is 13.0. The molecule has 1 atom stereocenters. The van der Waals surface area contributed by atoms with Crippen LogP contribution in [0, 0.1) is 31.1 Å². The summed E-state index contributed by atoms with van der Waals surface area (Å²) in [6.45, 7) is 10.9. The number of amides is 1. The molecule has 1 aliphatic rings. The number of aryl methyl sites for hydroxylation is 2. The van der Waals surface area contributed by atoms with Gasteiger partial charge in [0.05, 0.1) is 17.5 Å². The van der Waals surface area contributed by atoms with Crippen molar-refractivity contribution in [3.8, 4) is 6.07 Å². The van der Waals surface area contributed by atoms with Gasteiger partial charge in [-0.15, -0.1) is 0 Å². The topological polar surface area (TPSA) is 93.5 Å². The van der Waals surface area contributed by atoms with E-state index in [1.807, 2.05) is 37.8 Å². The normalized spacial score (nSPS) is 18.5. The van der Waals surface area contributed by atoms with Gasteiger partial charge in [-0.05, 0) is 43.9 Å². The Labute approximate surface area is 168 Å². The average Bonchev–Trinajstić information content (AvgIpc) is 2.63. The van der Waals surface area contributed by atoms with Gasteiger partial charge in [-0.1, -0.05) is 26.0 Å². The molecule has 1 aromatic rings. The van der Waals surface area contributed by atoms with Gasteiger partial charge in [0.1, 0.15) is 5.54 Å². The van der Waals surface area contributed by atoms with Crippen molar-refractivity contribution >= 4 is 15.9 Å². The lowest BCUT2D eigenvalue weighted by atomic mass is 9.90. The molecule has 0 aliphatic carbocycles. The molecule has 28 heavy (non-hydrogen) atoms. The highest BCUT2D eigenvalue weighted by atomic mass is 32.2. The summed E-state index contributed by atoms with van der Waals surface area (Å²) in [7, 11) is -3.55. The van der Waals surface area contributed by atoms with Crippen LogP contribution in [0.4, 0.5) is 0 Å². The van der Waals surface area contributed by atoms with Crippen LogP contribution in [-0.4, -0.2) is 61.8 Å². The molecule has 0 aromatic heterocycles. The maximum absolute atomic E-state index is 13.0. The molecule has 8 heteroatoms. The van der Waals surface area contributed by atoms with Crippen molar-refractivity contribution < 1.29 is 13.2 Å². The van der Waals surface area contributed by atoms with Crippen LogP contribution < -0.4 is 5.32 Å². The lowest BCUT2D eigenvalue weighted by molar-refractivity contribution is -0.124. The molecule has 0 unspecified atom stereocenters. The SMILES string of the molecule is Cc1ccc(C)c(S(=O)(=O)N2CCN(CC(=O)N[C@@](C)(C#N)C(C)C)CC2)c1. The van der Waals surface area contributed by atoms with E-state index < -0.39 is 15.6 Å². The van der Waals surface area contributed by atoms with Gasteiger partial charge in [-0.25, -0.2) is 8.42 Å². The van der Waals surface area contributed by atoms with E-state index in [0.717, 1.165) is 11.1 Å². The highest BCUT2D eigenvalue weighted by Crippen LogP contribution is 2.22. The average molecular weight is 407 g/mol. The molecular weight excluding hydrogens is 376 g/mol. The Bertz CT molecular complexity index is 868. The van der Waals surface area contributed by atoms with E-state index in [0.29, 0.717) is 31.1 Å². The van der Waals surface area contributed by atoms with Crippen LogP contribution in [0.15, 0.2) is 23.1 Å². The third-order valence-corrected chi connectivity index (χ3v) is 7.49. The Morgan fingerprint density at radius 3 is 2.39 bits per heavy atom. The molecule has 1 heterocycles. The Morgan fingerprint density at radius 1 is 1.25 bits per heavy atom. The monoisotopic (exact) mass is 406 g/mol. The fraction of sp³-hybridized carbons (Fsp3) is 0.600. The van der Waals surface area contributed by atoms with Crippen molar-refractivity contribution in [3.05, 3.63) is 29.3 Å². The van der Waals surface area contributed by atoms with Crippen molar-refractivity contribution in [2.45, 2.75) is 45.1 Å². The number of hydrogen-bond donors (Lipinski definition) is 1. The Hall–Kier alpha value is -1.95. The molecule has 7 nitrogen and oxygen atoms in total. The fourth-order valence-electron chi connectivity index (χ4n) is 3.09. The summed E-state index contributed by atoms with van der Waals surface area (Å²) in [5.41, 5.74) is 0.729. The van der Waals surface area contributed by atoms with Crippen LogP contribution in [-0.2, 0) is 14.8 Å². The van der Waals surface area contributed by atoms with Crippen LogP contribution in [0.3, 0.4) is 0 Å². The maximum Gasteiger partial charge on any atom is 0.243 e. The van der Waals surface area contributed by atoms with E-state index in [1.54, 1.807) is 19.9 Å². The Morgan fingerprint density at radius 2 is 1.86 bits per heavy atom. The van der Waals surface area contributed by atoms with E-state index in [-0.39, 0.29) is 18.4 Å². The van der Waals surface area contributed by atoms with Gasteiger partial charge >= 0.3 is 0 Å². The quantitative estimate of drug-likeness (QED) is 0.776. The van der Waals surface area contributed by atoms with E-state index >= 15 is 0 Å². The smallest absolute Gasteiger partial charge is 0.243 e. The molecule has 1 amide bonds. The summed E-state index contributed by atoms with van der Waals surface area (Å²) >= 11 is 0. The van der Waals surface area contributed by atoms with Crippen LogP contribution in [0.25, 0.3) is 0 Å². The summed E-state index contributed by atoms with van der Waals surface area (Å²) in [5, 5.41) is 12.1. The van der Waals surface area contributed by atoms with E-state index in [4.69, 9.17) is 0 Å². The molecule has 1 saturated heterocycles. The number of hydrogen-bond acceptors (Lipinski definition) is 5. The highest BCUT2D eigenvalue weighted by Gasteiger charge is 2.33. The molecule has 0 radical (unpaired) electrons. The molecule has 0 saturated carbocycles. The van der Waals surface area contributed by atoms with E-state index in [1.165, 1.54) is 4.31 Å². The fourth-order valence-corrected chi connectivity index (χ4v) is 4.82. The third kappa shape index (κ3) is 4.90. The Balaban J connectivity index is 1.98. The van der Waals surface area contributed by atoms with Crippen molar-refractivity contribution in [1.29, 1.82) is 5.26 Å². The minimum atomic E-state index is -3.55. The van der Waals surface area contributed by atoms with Gasteiger partial charge < -0.3 is 5.32 Å². The summed E-state index contributed by atoms with van der Waals surface area (Å²) < 4.78 is 27.4. The van der Waals surface area contributed by atoms with E-state index in [2.05, 4.69) is 11.4 Å². The lowest BCUT2D eigenvalue weighted by Crippen LogP contribution is -2.55. The second kappa shape index (κ2) is 8.60. The van der Waals surface area contributed by atoms with Crippen LogP contribution in [0.1, 0.15) is 31.9 Å². The van der Waals surface area contributed by atoms with Gasteiger partial charge in [0.2, 0.25) is 15.9 Å². The third-order valence-electron chi connectivity index (χ3n) is 5.45. The van der Waals surface area contributed by atoms with Crippen molar-refractivity contribution in [2.24, 2.45) is 5.92 Å². The molecule has 0 bridgehead atoms. The van der Waals surface area contributed by atoms with Crippen molar-refractivity contribution in [3.63, 3.8) is 0 Å². The highest BCUT2D eigenvalue weighted by molar-refractivity contribution is 7.89. The second-order valence-electron chi connectivity index (χ2n) is 7.97. The number of sulfonamides is 1. The first kappa shape index (κ1) is 22.3. The number of benzene rings is 1. The van der Waals surface area contributed by atoms with Gasteiger partial charge in [0, 0.05) is 26.2 Å². The number of nitriles is 1. The first-order valence-corrected chi connectivity index (χ1v) is 11.0. The molecule has 154 valence electrons. The number of carbonyl (C=O) groups is 1. The van der Waals surface area contributed by atoms with Crippen LogP contribution in [0.5, 0.6) is 0 Å². The molecule has 2 rings (SSSR count). The molecule has 1 N–H and O–H groups in total. The minimum absolute atomic E-state index is 0.0130. The number of nitrogens with zero attached hydrogens (tertiary/aromatic N) is 3. The van der Waals surface area contributed by atoms with Gasteiger partial charge in [0.25, 0.3) is 0 Å². The number of piperazine rings is 1. The minimum Gasteiger partial charge on any atom is -0.337 e. The second-order valence-corrected chi connectivity index (χ2v) is 9.87. The first-order valence-electron chi connectivity index (χ1n) is 9.51. The summed E-state index contributed by atoms with van der Waals surface area (Å²) in [6.07, 6.45) is 0. The molecule has 1 fully saturated rings. The van der Waals surface area contributed by atoms with Crippen molar-refractivity contribution in [1.82, 2.24) is 14.5 Å². The molecular formula is C20H30N4O3S. The van der Waals surface area contributed by atoms with Crippen molar-refractivity contribution in [2.75, 3.05) is 32.7 Å². The van der Waals surface area contributed by atoms with Gasteiger partial charge in [-0.3, -0.25) is 9.69 Å². The largest absolute Gasteiger partial charge is 0.337 e. The zero-order valence-electron chi connectivity index (χ0n) is 17.3. The maximum atomic E-state index is 13.0. The number of carbonyl (C=O) groups excluding carboxylic acids is 1. The molecule has 0 spiro atoms. The summed E-state index contributed by atoms with van der Waals surface area (Å²) in [4.78, 5) is 14.6. The van der Waals surface area contributed by atoms with Gasteiger partial charge in [0.15, 0.2) is 0 Å². The molecule has 1 aliphatic heterocycles. The lowest BCUT2D eigenvalue weighted by Gasteiger charge is -2.35. The number of nitrogens with one attached hydrogen (secondary N) is 1. The molecule has 1 aromatic carbocycles. The standard InChI is InChI=1S/C20H30N4O3S/c1-15(2)20(5,14-21)22-19(25)13-23-8-10-24(11-9-23)28(26,27)18-12-16(3)6-7-17(18)4/h6-7,12,15H,8-11,13H2,1-5H3,(H,22,25)/t20-/m0/s1. The Kier molecular flexibility index (Phi) is 6.86. The van der Waals surface area contributed by atoms with Gasteiger partial charge in [-0.2, -0.15) is 9.57 Å². The van der Waals surface area contributed by atoms with Crippen LogP contribution in [0.2, 0.25) is 0 Å². The van der Waals surface area contributed by atoms with Crippen LogP contribution >= 0.6 is 0 Å². The zero-order valence-corrected chi connectivity index (χ0v) is 18.1. The number of rotatable bonds is 6.